The van der Waals surface area contributed by atoms with Gasteiger partial charge in [-0.15, -0.1) is 0 Å². The van der Waals surface area contributed by atoms with Gasteiger partial charge in [-0.3, -0.25) is 4.79 Å². The predicted molar refractivity (Wildman–Crippen MR) is 105 cm³/mol. The molecule has 0 atom stereocenters. The number of carbonyl (C=O) groups is 1. The van der Waals surface area contributed by atoms with E-state index in [1.165, 1.54) is 0 Å². The van der Waals surface area contributed by atoms with Crippen LogP contribution in [0.4, 0.5) is 23.3 Å². The number of fused-ring (bicyclic) bond motifs is 3. The summed E-state index contributed by atoms with van der Waals surface area (Å²) in [5.74, 6) is 1.21. The minimum Gasteiger partial charge on any atom is -0.354 e. The molecule has 1 aliphatic rings. The Balaban J connectivity index is 1.78. The molecule has 1 aliphatic heterocycles. The largest absolute Gasteiger partial charge is 0.354 e. The fourth-order valence-electron chi connectivity index (χ4n) is 3.13. The molecule has 1 aromatic carbocycles. The maximum Gasteiger partial charge on any atom is 0.232 e. The Kier molecular flexibility index (Phi) is 4.86. The first kappa shape index (κ1) is 17.3. The van der Waals surface area contributed by atoms with E-state index in [2.05, 4.69) is 33.0 Å². The molecule has 3 heterocycles. The van der Waals surface area contributed by atoms with E-state index in [9.17, 15) is 4.79 Å². The summed E-state index contributed by atoms with van der Waals surface area (Å²) in [6.07, 6.45) is 5.88. The fraction of sp³-hybridized carbons (Fsp3) is 0.368. The van der Waals surface area contributed by atoms with E-state index < -0.39 is 0 Å². The molecule has 4 bridgehead atoms. The Morgan fingerprint density at radius 2 is 1.96 bits per heavy atom. The van der Waals surface area contributed by atoms with Crippen LogP contribution < -0.4 is 16.0 Å². The molecular formula is C19H23N7O. The predicted octanol–water partition coefficient (Wildman–Crippen LogP) is 3.35. The highest BCUT2D eigenvalue weighted by atomic mass is 16.1. The van der Waals surface area contributed by atoms with Gasteiger partial charge >= 0.3 is 0 Å². The van der Waals surface area contributed by atoms with E-state index in [4.69, 9.17) is 4.98 Å². The van der Waals surface area contributed by atoms with Crippen molar-refractivity contribution < 1.29 is 4.79 Å². The lowest BCUT2D eigenvalue weighted by atomic mass is 10.1. The first-order chi connectivity index (χ1) is 13.2. The topological polar surface area (TPSA) is 96.2 Å². The van der Waals surface area contributed by atoms with Crippen molar-refractivity contribution in [2.75, 3.05) is 22.5 Å². The van der Waals surface area contributed by atoms with E-state index in [0.29, 0.717) is 18.3 Å². The molecule has 0 radical (unpaired) electrons. The number of rotatable bonds is 3. The quantitative estimate of drug-likeness (QED) is 0.659. The molecule has 4 rings (SSSR count). The van der Waals surface area contributed by atoms with Crippen LogP contribution in [0.25, 0.3) is 5.65 Å². The van der Waals surface area contributed by atoms with E-state index in [0.717, 1.165) is 54.8 Å². The summed E-state index contributed by atoms with van der Waals surface area (Å²) in [6, 6.07) is 7.57. The standard InChI is InChI=1S/C19H23N7O/c1-2-10-20-19-25-18-23-15-8-5-7-14(11-15)22-16(27)9-4-3-6-13-12-21-26(19)17(13)24-18/h5,7-8,11-12H,2-4,6,9-10H2,1H3,(H,22,27)(H2,20,23,24,25). The molecule has 3 aromatic rings. The molecule has 2 aromatic heterocycles. The number of nitrogens with one attached hydrogen (secondary N) is 3. The van der Waals surface area contributed by atoms with Gasteiger partial charge in [-0.2, -0.15) is 19.6 Å². The second kappa shape index (κ2) is 7.61. The zero-order chi connectivity index (χ0) is 18.6. The first-order valence-corrected chi connectivity index (χ1v) is 9.38. The van der Waals surface area contributed by atoms with Gasteiger partial charge in [0.1, 0.15) is 0 Å². The highest BCUT2D eigenvalue weighted by Crippen LogP contribution is 2.23. The summed E-state index contributed by atoms with van der Waals surface area (Å²) in [4.78, 5) is 21.4. The molecule has 27 heavy (non-hydrogen) atoms. The summed E-state index contributed by atoms with van der Waals surface area (Å²) >= 11 is 0. The lowest BCUT2D eigenvalue weighted by Crippen LogP contribution is -2.13. The second-order valence-electron chi connectivity index (χ2n) is 6.66. The number of aryl methyl sites for hydroxylation is 1. The minimum absolute atomic E-state index is 0.0326. The average molecular weight is 365 g/mol. The van der Waals surface area contributed by atoms with Crippen molar-refractivity contribution in [2.24, 2.45) is 0 Å². The Hall–Kier alpha value is -3.16. The Bertz CT molecular complexity index is 966. The van der Waals surface area contributed by atoms with Gasteiger partial charge in [0.25, 0.3) is 0 Å². The third-order valence-corrected chi connectivity index (χ3v) is 4.48. The zero-order valence-corrected chi connectivity index (χ0v) is 15.3. The highest BCUT2D eigenvalue weighted by Gasteiger charge is 2.14. The van der Waals surface area contributed by atoms with Crippen LogP contribution in [0, 0.1) is 0 Å². The van der Waals surface area contributed by atoms with Crippen molar-refractivity contribution in [3.05, 3.63) is 36.0 Å². The van der Waals surface area contributed by atoms with E-state index >= 15 is 0 Å². The average Bonchev–Trinajstić information content (AvgIpc) is 3.06. The second-order valence-corrected chi connectivity index (χ2v) is 6.66. The first-order valence-electron chi connectivity index (χ1n) is 9.38. The molecular weight excluding hydrogens is 342 g/mol. The van der Waals surface area contributed by atoms with E-state index in [1.54, 1.807) is 4.52 Å². The number of amides is 1. The lowest BCUT2D eigenvalue weighted by molar-refractivity contribution is -0.116. The van der Waals surface area contributed by atoms with Gasteiger partial charge in [0.15, 0.2) is 5.65 Å². The number of benzene rings is 1. The Labute approximate surface area is 157 Å². The van der Waals surface area contributed by atoms with Gasteiger partial charge in [0.2, 0.25) is 17.8 Å². The third-order valence-electron chi connectivity index (χ3n) is 4.48. The van der Waals surface area contributed by atoms with Crippen molar-refractivity contribution in [2.45, 2.75) is 39.0 Å². The Morgan fingerprint density at radius 3 is 2.81 bits per heavy atom. The van der Waals surface area contributed by atoms with E-state index in [-0.39, 0.29) is 5.91 Å². The van der Waals surface area contributed by atoms with Crippen LogP contribution in [0.1, 0.15) is 38.2 Å². The molecule has 0 spiro atoms. The molecule has 0 unspecified atom stereocenters. The number of nitrogens with zero attached hydrogens (tertiary/aromatic N) is 4. The molecule has 3 N–H and O–H groups in total. The molecule has 1 amide bonds. The summed E-state index contributed by atoms with van der Waals surface area (Å²) in [7, 11) is 0. The van der Waals surface area contributed by atoms with Crippen LogP contribution >= 0.6 is 0 Å². The van der Waals surface area contributed by atoms with Crippen molar-refractivity contribution >= 4 is 34.8 Å². The zero-order valence-electron chi connectivity index (χ0n) is 15.3. The molecule has 8 nitrogen and oxygen atoms in total. The summed E-state index contributed by atoms with van der Waals surface area (Å²) in [6.45, 7) is 2.92. The Morgan fingerprint density at radius 1 is 1.15 bits per heavy atom. The number of hydrogen-bond acceptors (Lipinski definition) is 6. The molecule has 140 valence electrons. The maximum absolute atomic E-state index is 12.1. The molecule has 0 aliphatic carbocycles. The van der Waals surface area contributed by atoms with Crippen molar-refractivity contribution in [3.8, 4) is 0 Å². The fourth-order valence-corrected chi connectivity index (χ4v) is 3.13. The van der Waals surface area contributed by atoms with E-state index in [1.807, 2.05) is 30.5 Å². The minimum atomic E-state index is 0.0326. The van der Waals surface area contributed by atoms with Gasteiger partial charge in [-0.25, -0.2) is 0 Å². The van der Waals surface area contributed by atoms with Crippen LogP contribution in [0.5, 0.6) is 0 Å². The van der Waals surface area contributed by atoms with Gasteiger partial charge in [-0.05, 0) is 43.9 Å². The van der Waals surface area contributed by atoms with Gasteiger partial charge in [-0.1, -0.05) is 13.0 Å². The van der Waals surface area contributed by atoms with Crippen LogP contribution in [-0.4, -0.2) is 32.0 Å². The summed E-state index contributed by atoms with van der Waals surface area (Å²) in [5, 5.41) is 14.0. The van der Waals surface area contributed by atoms with Crippen molar-refractivity contribution in [3.63, 3.8) is 0 Å². The van der Waals surface area contributed by atoms with Crippen LogP contribution in [0.3, 0.4) is 0 Å². The number of carbonyl (C=O) groups excluding carboxylic acids is 1. The summed E-state index contributed by atoms with van der Waals surface area (Å²) < 4.78 is 1.76. The molecule has 0 saturated carbocycles. The SMILES string of the molecule is CCCNc1nc2nc3c(cnn13)CCCCC(=O)Nc1cccc(c1)N2. The van der Waals surface area contributed by atoms with Crippen LogP contribution in [-0.2, 0) is 11.2 Å². The van der Waals surface area contributed by atoms with Gasteiger partial charge in [0, 0.05) is 29.9 Å². The third kappa shape index (κ3) is 3.84. The molecule has 0 saturated heterocycles. The van der Waals surface area contributed by atoms with Gasteiger partial charge in [0.05, 0.1) is 6.20 Å². The van der Waals surface area contributed by atoms with Crippen LogP contribution in [0.2, 0.25) is 0 Å². The monoisotopic (exact) mass is 365 g/mol. The highest BCUT2D eigenvalue weighted by molar-refractivity contribution is 5.91. The maximum atomic E-state index is 12.1. The number of anilines is 4. The summed E-state index contributed by atoms with van der Waals surface area (Å²) in [5.41, 5.74) is 3.43. The number of hydrogen-bond donors (Lipinski definition) is 3. The number of aromatic nitrogens is 4. The smallest absolute Gasteiger partial charge is 0.232 e. The van der Waals surface area contributed by atoms with Crippen molar-refractivity contribution in [1.82, 2.24) is 19.6 Å². The molecule has 8 heteroatoms. The van der Waals surface area contributed by atoms with Gasteiger partial charge < -0.3 is 16.0 Å². The van der Waals surface area contributed by atoms with Crippen molar-refractivity contribution in [1.29, 1.82) is 0 Å². The molecule has 0 fully saturated rings. The van der Waals surface area contributed by atoms with Crippen LogP contribution in [0.15, 0.2) is 30.5 Å². The normalized spacial score (nSPS) is 14.5. The lowest BCUT2D eigenvalue weighted by Gasteiger charge is -2.12.